The van der Waals surface area contributed by atoms with Crippen LogP contribution in [0.1, 0.15) is 18.4 Å². The number of fused-ring (bicyclic) bond motifs is 1. The summed E-state index contributed by atoms with van der Waals surface area (Å²) in [6.45, 7) is 1.72. The van der Waals surface area contributed by atoms with Gasteiger partial charge in [0.25, 0.3) is 0 Å². The van der Waals surface area contributed by atoms with Gasteiger partial charge in [0.2, 0.25) is 0 Å². The number of pyridine rings is 1. The second kappa shape index (κ2) is 6.44. The molecule has 2 amide bonds. The fourth-order valence-corrected chi connectivity index (χ4v) is 2.86. The number of carbonyl (C=O) groups is 1. The monoisotopic (exact) mass is 294 g/mol. The van der Waals surface area contributed by atoms with Gasteiger partial charge in [-0.05, 0) is 30.5 Å². The van der Waals surface area contributed by atoms with Crippen molar-refractivity contribution in [1.82, 2.24) is 15.2 Å². The molecule has 2 aromatic rings. The zero-order chi connectivity index (χ0) is 15.4. The van der Waals surface area contributed by atoms with Crippen molar-refractivity contribution in [3.8, 4) is 6.07 Å². The minimum absolute atomic E-state index is 0.0405. The Kier molecular flexibility index (Phi) is 4.19. The summed E-state index contributed by atoms with van der Waals surface area (Å²) in [5, 5.41) is 13.0. The molecule has 3 rings (SSSR count). The Morgan fingerprint density at radius 2 is 2.27 bits per heavy atom. The van der Waals surface area contributed by atoms with E-state index in [1.54, 1.807) is 11.1 Å². The van der Waals surface area contributed by atoms with Crippen LogP contribution in [0.4, 0.5) is 4.79 Å². The van der Waals surface area contributed by atoms with E-state index in [0.717, 1.165) is 35.9 Å². The minimum atomic E-state index is -0.0964. The lowest BCUT2D eigenvalue weighted by molar-refractivity contribution is 0.176. The summed E-state index contributed by atoms with van der Waals surface area (Å²) in [7, 11) is 0. The van der Waals surface area contributed by atoms with Gasteiger partial charge in [0, 0.05) is 31.2 Å². The number of amides is 2. The molecule has 112 valence electrons. The van der Waals surface area contributed by atoms with Gasteiger partial charge in [0.1, 0.15) is 0 Å². The Morgan fingerprint density at radius 1 is 1.41 bits per heavy atom. The van der Waals surface area contributed by atoms with Crippen LogP contribution < -0.4 is 5.32 Å². The lowest BCUT2D eigenvalue weighted by Gasteiger charge is -2.29. The first kappa shape index (κ1) is 14.3. The number of nitrogens with one attached hydrogen (secondary N) is 1. The second-order valence-electron chi connectivity index (χ2n) is 5.56. The van der Waals surface area contributed by atoms with Crippen LogP contribution in [0, 0.1) is 17.2 Å². The fourth-order valence-electron chi connectivity index (χ4n) is 2.86. The molecule has 1 aliphatic rings. The molecule has 1 fully saturated rings. The standard InChI is InChI=1S/C17H18N4O/c18-10-13-4-3-9-21(12-13)17(22)20-11-14-7-8-19-16-6-2-1-5-15(14)16/h1-2,5-8,13H,3-4,9,11-12H2,(H,20,22)/t13-/m1/s1. The van der Waals surface area contributed by atoms with Crippen molar-refractivity contribution in [2.45, 2.75) is 19.4 Å². The van der Waals surface area contributed by atoms with E-state index in [4.69, 9.17) is 5.26 Å². The number of nitrogens with zero attached hydrogens (tertiary/aromatic N) is 3. The first-order valence-corrected chi connectivity index (χ1v) is 7.53. The van der Waals surface area contributed by atoms with Crippen molar-refractivity contribution in [2.24, 2.45) is 5.92 Å². The zero-order valence-corrected chi connectivity index (χ0v) is 12.3. The molecule has 22 heavy (non-hydrogen) atoms. The Morgan fingerprint density at radius 3 is 3.14 bits per heavy atom. The lowest BCUT2D eigenvalue weighted by Crippen LogP contribution is -2.45. The van der Waals surface area contributed by atoms with Gasteiger partial charge < -0.3 is 10.2 Å². The van der Waals surface area contributed by atoms with Crippen molar-refractivity contribution < 1.29 is 4.79 Å². The van der Waals surface area contributed by atoms with E-state index in [9.17, 15) is 4.79 Å². The van der Waals surface area contributed by atoms with Crippen LogP contribution in [0.3, 0.4) is 0 Å². The fraction of sp³-hybridized carbons (Fsp3) is 0.353. The van der Waals surface area contributed by atoms with Crippen LogP contribution in [-0.4, -0.2) is 29.0 Å². The smallest absolute Gasteiger partial charge is 0.317 e. The zero-order valence-electron chi connectivity index (χ0n) is 12.3. The number of aromatic nitrogens is 1. The normalized spacial score (nSPS) is 18.0. The first-order chi connectivity index (χ1) is 10.8. The summed E-state index contributed by atoms with van der Waals surface area (Å²) in [6, 6.07) is 12.0. The van der Waals surface area contributed by atoms with E-state index < -0.39 is 0 Å². The predicted molar refractivity (Wildman–Crippen MR) is 83.9 cm³/mol. The van der Waals surface area contributed by atoms with Crippen LogP contribution in [0.15, 0.2) is 36.5 Å². The summed E-state index contributed by atoms with van der Waals surface area (Å²) < 4.78 is 0. The Labute approximate surface area is 129 Å². The molecule has 1 atom stereocenters. The highest BCUT2D eigenvalue weighted by Gasteiger charge is 2.23. The quantitative estimate of drug-likeness (QED) is 0.925. The maximum Gasteiger partial charge on any atom is 0.317 e. The highest BCUT2D eigenvalue weighted by molar-refractivity contribution is 5.82. The predicted octanol–water partition coefficient (Wildman–Crippen LogP) is 2.68. The molecule has 1 N–H and O–H groups in total. The van der Waals surface area contributed by atoms with Gasteiger partial charge >= 0.3 is 6.03 Å². The van der Waals surface area contributed by atoms with Gasteiger partial charge in [-0.3, -0.25) is 4.98 Å². The number of hydrogen-bond acceptors (Lipinski definition) is 3. The molecule has 1 saturated heterocycles. The molecular formula is C17H18N4O. The first-order valence-electron chi connectivity index (χ1n) is 7.53. The summed E-state index contributed by atoms with van der Waals surface area (Å²) in [5.41, 5.74) is 1.98. The number of piperidine rings is 1. The van der Waals surface area contributed by atoms with Crippen molar-refractivity contribution >= 4 is 16.9 Å². The number of likely N-dealkylation sites (tertiary alicyclic amines) is 1. The molecule has 1 aliphatic heterocycles. The second-order valence-corrected chi connectivity index (χ2v) is 5.56. The van der Waals surface area contributed by atoms with Gasteiger partial charge in [0.15, 0.2) is 0 Å². The molecule has 0 bridgehead atoms. The number of benzene rings is 1. The van der Waals surface area contributed by atoms with Gasteiger partial charge in [-0.25, -0.2) is 4.79 Å². The molecule has 5 heteroatoms. The van der Waals surface area contributed by atoms with E-state index in [1.165, 1.54) is 0 Å². The van der Waals surface area contributed by atoms with Gasteiger partial charge in [-0.15, -0.1) is 0 Å². The Hall–Kier alpha value is -2.61. The van der Waals surface area contributed by atoms with Gasteiger partial charge in [0.05, 0.1) is 17.5 Å². The molecule has 2 heterocycles. The van der Waals surface area contributed by atoms with Crippen LogP contribution in [-0.2, 0) is 6.54 Å². The van der Waals surface area contributed by atoms with Gasteiger partial charge in [-0.2, -0.15) is 5.26 Å². The molecular weight excluding hydrogens is 276 g/mol. The van der Waals surface area contributed by atoms with E-state index in [1.807, 2.05) is 30.3 Å². The average Bonchev–Trinajstić information content (AvgIpc) is 2.59. The lowest BCUT2D eigenvalue weighted by atomic mass is 10.0. The highest BCUT2D eigenvalue weighted by atomic mass is 16.2. The molecule has 5 nitrogen and oxygen atoms in total. The van der Waals surface area contributed by atoms with Crippen LogP contribution in [0.25, 0.3) is 10.9 Å². The summed E-state index contributed by atoms with van der Waals surface area (Å²) in [6.07, 6.45) is 3.54. The molecule has 1 aromatic heterocycles. The number of rotatable bonds is 2. The number of nitriles is 1. The van der Waals surface area contributed by atoms with E-state index in [-0.39, 0.29) is 11.9 Å². The molecule has 0 spiro atoms. The van der Waals surface area contributed by atoms with Crippen LogP contribution in [0.2, 0.25) is 0 Å². The van der Waals surface area contributed by atoms with Crippen molar-refractivity contribution in [1.29, 1.82) is 5.26 Å². The maximum absolute atomic E-state index is 12.3. The average molecular weight is 294 g/mol. The molecule has 0 radical (unpaired) electrons. The summed E-state index contributed by atoms with van der Waals surface area (Å²) in [4.78, 5) is 18.3. The largest absolute Gasteiger partial charge is 0.334 e. The van der Waals surface area contributed by atoms with Crippen LogP contribution in [0.5, 0.6) is 0 Å². The molecule has 0 saturated carbocycles. The van der Waals surface area contributed by atoms with Crippen LogP contribution >= 0.6 is 0 Å². The van der Waals surface area contributed by atoms with E-state index in [2.05, 4.69) is 16.4 Å². The minimum Gasteiger partial charge on any atom is -0.334 e. The SMILES string of the molecule is N#C[C@H]1CCCN(C(=O)NCc2ccnc3ccccc23)C1. The Bertz CT molecular complexity index is 717. The third kappa shape index (κ3) is 3.01. The maximum atomic E-state index is 12.3. The molecule has 0 aliphatic carbocycles. The van der Waals surface area contributed by atoms with Gasteiger partial charge in [-0.1, -0.05) is 18.2 Å². The third-order valence-electron chi connectivity index (χ3n) is 4.06. The van der Waals surface area contributed by atoms with Crippen molar-refractivity contribution in [2.75, 3.05) is 13.1 Å². The number of urea groups is 1. The third-order valence-corrected chi connectivity index (χ3v) is 4.06. The number of carbonyl (C=O) groups excluding carboxylic acids is 1. The van der Waals surface area contributed by atoms with Crippen molar-refractivity contribution in [3.63, 3.8) is 0 Å². The topological polar surface area (TPSA) is 69.0 Å². The molecule has 1 aromatic carbocycles. The van der Waals surface area contributed by atoms with E-state index >= 15 is 0 Å². The molecule has 0 unspecified atom stereocenters. The number of para-hydroxylation sites is 1. The highest BCUT2D eigenvalue weighted by Crippen LogP contribution is 2.17. The summed E-state index contributed by atoms with van der Waals surface area (Å²) in [5.74, 6) is -0.0405. The summed E-state index contributed by atoms with van der Waals surface area (Å²) >= 11 is 0. The van der Waals surface area contributed by atoms with E-state index in [0.29, 0.717) is 13.1 Å². The Balaban J connectivity index is 1.66. The van der Waals surface area contributed by atoms with Crippen molar-refractivity contribution in [3.05, 3.63) is 42.1 Å². The number of hydrogen-bond donors (Lipinski definition) is 1.